The van der Waals surface area contributed by atoms with Crippen molar-refractivity contribution in [1.29, 1.82) is 0 Å². The van der Waals surface area contributed by atoms with Crippen LogP contribution in [-0.2, 0) is 6.18 Å². The van der Waals surface area contributed by atoms with E-state index in [0.717, 1.165) is 29.4 Å². The van der Waals surface area contributed by atoms with E-state index in [-0.39, 0.29) is 5.69 Å². The van der Waals surface area contributed by atoms with Crippen LogP contribution in [0.4, 0.5) is 24.0 Å². The fourth-order valence-corrected chi connectivity index (χ4v) is 3.20. The molecular formula is C18H13F3N6S. The molecule has 0 aliphatic rings. The highest BCUT2D eigenvalue weighted by Crippen LogP contribution is 2.31. The van der Waals surface area contributed by atoms with Crippen LogP contribution < -0.4 is 5.32 Å². The summed E-state index contributed by atoms with van der Waals surface area (Å²) in [5.74, 6) is 0.360. The fourth-order valence-electron chi connectivity index (χ4n) is 2.61. The SMILES string of the molecule is Cc1c(-c2nsc(Nc3ccccc3)n2)nnn1-c1cccc(C(F)(F)F)c1. The first-order valence-electron chi connectivity index (χ1n) is 8.18. The number of hydrogen-bond donors (Lipinski definition) is 1. The van der Waals surface area contributed by atoms with Gasteiger partial charge in [-0.25, -0.2) is 4.68 Å². The Bertz CT molecular complexity index is 1100. The molecule has 6 nitrogen and oxygen atoms in total. The van der Waals surface area contributed by atoms with Crippen molar-refractivity contribution in [1.82, 2.24) is 24.4 Å². The third-order valence-electron chi connectivity index (χ3n) is 3.98. The molecule has 0 saturated heterocycles. The van der Waals surface area contributed by atoms with Gasteiger partial charge in [0.25, 0.3) is 0 Å². The second kappa shape index (κ2) is 7.04. The Morgan fingerprint density at radius 1 is 1.04 bits per heavy atom. The van der Waals surface area contributed by atoms with Crippen molar-refractivity contribution in [3.8, 4) is 17.2 Å². The zero-order valence-corrected chi connectivity index (χ0v) is 15.3. The van der Waals surface area contributed by atoms with Gasteiger partial charge in [-0.2, -0.15) is 22.5 Å². The number of halogens is 3. The van der Waals surface area contributed by atoms with E-state index in [1.165, 1.54) is 16.8 Å². The first-order chi connectivity index (χ1) is 13.4. The van der Waals surface area contributed by atoms with Crippen LogP contribution in [0.3, 0.4) is 0 Å². The van der Waals surface area contributed by atoms with Gasteiger partial charge in [0, 0.05) is 17.2 Å². The number of aromatic nitrogens is 5. The summed E-state index contributed by atoms with van der Waals surface area (Å²) in [5.41, 5.74) is 1.35. The van der Waals surface area contributed by atoms with Gasteiger partial charge >= 0.3 is 6.18 Å². The Morgan fingerprint density at radius 2 is 1.82 bits per heavy atom. The van der Waals surface area contributed by atoms with Crippen molar-refractivity contribution >= 4 is 22.4 Å². The number of nitrogens with one attached hydrogen (secondary N) is 1. The lowest BCUT2D eigenvalue weighted by Crippen LogP contribution is -2.07. The molecule has 4 rings (SSSR count). The average Bonchev–Trinajstić information content (AvgIpc) is 3.28. The zero-order valence-electron chi connectivity index (χ0n) is 14.5. The topological polar surface area (TPSA) is 68.5 Å². The molecule has 0 fully saturated rings. The second-order valence-electron chi connectivity index (χ2n) is 5.90. The first-order valence-corrected chi connectivity index (χ1v) is 8.95. The van der Waals surface area contributed by atoms with E-state index in [1.54, 1.807) is 6.92 Å². The number of rotatable bonds is 4. The second-order valence-corrected chi connectivity index (χ2v) is 6.65. The maximum atomic E-state index is 13.0. The van der Waals surface area contributed by atoms with E-state index in [1.807, 2.05) is 30.3 Å². The Labute approximate surface area is 161 Å². The molecule has 0 amide bonds. The standard InChI is InChI=1S/C18H13F3N6S/c1-11-15(16-23-17(28-25-16)22-13-7-3-2-4-8-13)24-26-27(11)14-9-5-6-12(10-14)18(19,20)21/h2-10H,1H3,(H,22,23,25). The lowest BCUT2D eigenvalue weighted by molar-refractivity contribution is -0.137. The molecule has 0 atom stereocenters. The van der Waals surface area contributed by atoms with Crippen molar-refractivity contribution in [2.75, 3.05) is 5.32 Å². The summed E-state index contributed by atoms with van der Waals surface area (Å²) in [7, 11) is 0. The summed E-state index contributed by atoms with van der Waals surface area (Å²) < 4.78 is 44.5. The number of hydrogen-bond acceptors (Lipinski definition) is 6. The van der Waals surface area contributed by atoms with Crippen molar-refractivity contribution in [2.45, 2.75) is 13.1 Å². The summed E-state index contributed by atoms with van der Waals surface area (Å²) in [4.78, 5) is 4.40. The molecule has 0 aliphatic heterocycles. The molecule has 28 heavy (non-hydrogen) atoms. The molecule has 0 unspecified atom stereocenters. The third-order valence-corrected chi connectivity index (χ3v) is 4.61. The summed E-state index contributed by atoms with van der Waals surface area (Å²) >= 11 is 1.16. The highest BCUT2D eigenvalue weighted by Gasteiger charge is 2.30. The maximum Gasteiger partial charge on any atom is 0.416 e. The number of para-hydroxylation sites is 1. The molecule has 142 valence electrons. The van der Waals surface area contributed by atoms with Crippen LogP contribution in [0.2, 0.25) is 0 Å². The van der Waals surface area contributed by atoms with E-state index in [4.69, 9.17) is 0 Å². The third kappa shape index (κ3) is 3.58. The quantitative estimate of drug-likeness (QED) is 0.528. The van der Waals surface area contributed by atoms with Gasteiger partial charge in [-0.3, -0.25) is 0 Å². The van der Waals surface area contributed by atoms with Crippen LogP contribution in [0.25, 0.3) is 17.2 Å². The summed E-state index contributed by atoms with van der Waals surface area (Å²) in [6.45, 7) is 1.71. The first kappa shape index (κ1) is 18.1. The van der Waals surface area contributed by atoms with Gasteiger partial charge in [-0.15, -0.1) is 5.10 Å². The van der Waals surface area contributed by atoms with E-state index >= 15 is 0 Å². The fraction of sp³-hybridized carbons (Fsp3) is 0.111. The molecule has 0 aliphatic carbocycles. The number of alkyl halides is 3. The molecule has 4 aromatic rings. The predicted octanol–water partition coefficient (Wildman–Crippen LogP) is 4.86. The van der Waals surface area contributed by atoms with Gasteiger partial charge in [0.05, 0.1) is 16.9 Å². The van der Waals surface area contributed by atoms with Crippen LogP contribution in [0, 0.1) is 6.92 Å². The molecule has 0 bridgehead atoms. The average molecular weight is 402 g/mol. The highest BCUT2D eigenvalue weighted by atomic mass is 32.1. The molecule has 10 heteroatoms. The number of benzene rings is 2. The van der Waals surface area contributed by atoms with Gasteiger partial charge < -0.3 is 5.32 Å². The smallest absolute Gasteiger partial charge is 0.330 e. The van der Waals surface area contributed by atoms with Gasteiger partial charge in [0.15, 0.2) is 11.5 Å². The minimum absolute atomic E-state index is 0.268. The number of nitrogens with zero attached hydrogens (tertiary/aromatic N) is 5. The lowest BCUT2D eigenvalue weighted by Gasteiger charge is -2.09. The number of anilines is 2. The van der Waals surface area contributed by atoms with Gasteiger partial charge in [-0.05, 0) is 37.3 Å². The van der Waals surface area contributed by atoms with Crippen LogP contribution >= 0.6 is 11.5 Å². The molecule has 0 radical (unpaired) electrons. The lowest BCUT2D eigenvalue weighted by atomic mass is 10.2. The van der Waals surface area contributed by atoms with E-state index < -0.39 is 11.7 Å². The van der Waals surface area contributed by atoms with Crippen molar-refractivity contribution in [3.05, 3.63) is 65.9 Å². The molecule has 2 heterocycles. The maximum absolute atomic E-state index is 13.0. The van der Waals surface area contributed by atoms with Gasteiger partial charge in [-0.1, -0.05) is 29.5 Å². The normalized spacial score (nSPS) is 11.6. The molecule has 2 aromatic heterocycles. The highest BCUT2D eigenvalue weighted by molar-refractivity contribution is 7.09. The van der Waals surface area contributed by atoms with E-state index in [0.29, 0.717) is 22.3 Å². The molecular weight excluding hydrogens is 389 g/mol. The van der Waals surface area contributed by atoms with E-state index in [9.17, 15) is 13.2 Å². The summed E-state index contributed by atoms with van der Waals surface area (Å²) in [6.07, 6.45) is -4.43. The Kier molecular flexibility index (Phi) is 4.55. The Morgan fingerprint density at radius 3 is 2.57 bits per heavy atom. The largest absolute Gasteiger partial charge is 0.416 e. The van der Waals surface area contributed by atoms with Crippen molar-refractivity contribution in [3.63, 3.8) is 0 Å². The Hall–Kier alpha value is -3.27. The van der Waals surface area contributed by atoms with Gasteiger partial charge in [0.1, 0.15) is 0 Å². The van der Waals surface area contributed by atoms with Crippen LogP contribution in [0.5, 0.6) is 0 Å². The van der Waals surface area contributed by atoms with Crippen molar-refractivity contribution in [2.24, 2.45) is 0 Å². The molecule has 0 saturated carbocycles. The minimum Gasteiger partial charge on any atom is -0.330 e. The summed E-state index contributed by atoms with van der Waals surface area (Å²) in [5, 5.41) is 11.8. The van der Waals surface area contributed by atoms with Crippen LogP contribution in [0.15, 0.2) is 54.6 Å². The molecule has 1 N–H and O–H groups in total. The van der Waals surface area contributed by atoms with Crippen molar-refractivity contribution < 1.29 is 13.2 Å². The van der Waals surface area contributed by atoms with Crippen LogP contribution in [0.1, 0.15) is 11.3 Å². The zero-order chi connectivity index (χ0) is 19.7. The molecule has 0 spiro atoms. The molecule has 2 aromatic carbocycles. The summed E-state index contributed by atoms with van der Waals surface area (Å²) in [6, 6.07) is 14.4. The monoisotopic (exact) mass is 402 g/mol. The minimum atomic E-state index is -4.43. The van der Waals surface area contributed by atoms with Gasteiger partial charge in [0.2, 0.25) is 5.13 Å². The predicted molar refractivity (Wildman–Crippen MR) is 99.7 cm³/mol. The van der Waals surface area contributed by atoms with E-state index in [2.05, 4.69) is 25.0 Å². The van der Waals surface area contributed by atoms with Crippen LogP contribution in [-0.4, -0.2) is 24.4 Å². The Balaban J connectivity index is 1.63.